The molecule has 3 rings (SSSR count). The van der Waals surface area contributed by atoms with Gasteiger partial charge < -0.3 is 15.0 Å². The molecule has 1 fully saturated rings. The highest BCUT2D eigenvalue weighted by Gasteiger charge is 2.29. The molecular weight excluding hydrogens is 276 g/mol. The van der Waals surface area contributed by atoms with Gasteiger partial charge in [-0.1, -0.05) is 30.3 Å². The molecule has 0 radical (unpaired) electrons. The lowest BCUT2D eigenvalue weighted by Gasteiger charge is -2.18. The van der Waals surface area contributed by atoms with E-state index in [2.05, 4.69) is 51.4 Å². The van der Waals surface area contributed by atoms with Crippen molar-refractivity contribution in [3.05, 3.63) is 47.5 Å². The van der Waals surface area contributed by atoms with Crippen molar-refractivity contribution in [2.45, 2.75) is 44.2 Å². The molecule has 1 heterocycles. The zero-order valence-electron chi connectivity index (χ0n) is 13.1. The van der Waals surface area contributed by atoms with Crippen LogP contribution in [0, 0.1) is 0 Å². The number of nitrogens with zero attached hydrogens (tertiary/aromatic N) is 3. The van der Waals surface area contributed by atoms with Crippen LogP contribution >= 0.6 is 0 Å². The highest BCUT2D eigenvalue weighted by Crippen LogP contribution is 2.38. The maximum atomic E-state index is 9.11. The summed E-state index contributed by atoms with van der Waals surface area (Å²) in [4.78, 5) is 0. The van der Waals surface area contributed by atoms with Gasteiger partial charge in [0.1, 0.15) is 11.6 Å². The Morgan fingerprint density at radius 2 is 2.05 bits per heavy atom. The van der Waals surface area contributed by atoms with Crippen molar-refractivity contribution in [1.29, 1.82) is 0 Å². The molecule has 1 unspecified atom stereocenters. The first-order chi connectivity index (χ1) is 10.8. The van der Waals surface area contributed by atoms with E-state index in [4.69, 9.17) is 5.11 Å². The SMILES string of the molecule is Cn1c(CNC(CCCO)c2ccccc2)nnc1C1CC1. The van der Waals surface area contributed by atoms with E-state index in [1.807, 2.05) is 6.07 Å². The maximum absolute atomic E-state index is 9.11. The van der Waals surface area contributed by atoms with Crippen LogP contribution in [0.1, 0.15) is 54.9 Å². The van der Waals surface area contributed by atoms with Crippen LogP contribution in [0.5, 0.6) is 0 Å². The molecule has 0 saturated heterocycles. The molecule has 1 aromatic carbocycles. The number of aliphatic hydroxyl groups is 1. The lowest BCUT2D eigenvalue weighted by molar-refractivity contribution is 0.274. The first-order valence-electron chi connectivity index (χ1n) is 8.07. The Morgan fingerprint density at radius 1 is 1.27 bits per heavy atom. The summed E-state index contributed by atoms with van der Waals surface area (Å²) >= 11 is 0. The highest BCUT2D eigenvalue weighted by molar-refractivity contribution is 5.19. The van der Waals surface area contributed by atoms with E-state index in [9.17, 15) is 0 Å². The van der Waals surface area contributed by atoms with Crippen LogP contribution in [-0.2, 0) is 13.6 Å². The highest BCUT2D eigenvalue weighted by atomic mass is 16.2. The van der Waals surface area contributed by atoms with Crippen LogP contribution < -0.4 is 5.32 Å². The Labute approximate surface area is 131 Å². The molecule has 1 aliphatic carbocycles. The van der Waals surface area contributed by atoms with Gasteiger partial charge in [0, 0.05) is 25.6 Å². The molecule has 118 valence electrons. The minimum absolute atomic E-state index is 0.223. The van der Waals surface area contributed by atoms with Crippen LogP contribution in [0.4, 0.5) is 0 Å². The zero-order valence-corrected chi connectivity index (χ0v) is 13.1. The van der Waals surface area contributed by atoms with Gasteiger partial charge in [0.2, 0.25) is 0 Å². The fourth-order valence-corrected chi connectivity index (χ4v) is 2.81. The topological polar surface area (TPSA) is 63.0 Å². The maximum Gasteiger partial charge on any atom is 0.146 e. The fourth-order valence-electron chi connectivity index (χ4n) is 2.81. The van der Waals surface area contributed by atoms with Gasteiger partial charge in [-0.15, -0.1) is 10.2 Å². The van der Waals surface area contributed by atoms with Crippen LogP contribution in [0.25, 0.3) is 0 Å². The van der Waals surface area contributed by atoms with Gasteiger partial charge in [0.05, 0.1) is 6.54 Å². The molecule has 0 bridgehead atoms. The summed E-state index contributed by atoms with van der Waals surface area (Å²) in [6, 6.07) is 10.6. The van der Waals surface area contributed by atoms with Gasteiger partial charge in [-0.25, -0.2) is 0 Å². The van der Waals surface area contributed by atoms with Gasteiger partial charge in [-0.2, -0.15) is 0 Å². The number of nitrogens with one attached hydrogen (secondary N) is 1. The van der Waals surface area contributed by atoms with Crippen molar-refractivity contribution in [1.82, 2.24) is 20.1 Å². The predicted octanol–water partition coefficient (Wildman–Crippen LogP) is 2.30. The molecule has 1 saturated carbocycles. The number of aliphatic hydroxyl groups excluding tert-OH is 1. The second-order valence-electron chi connectivity index (χ2n) is 6.02. The fraction of sp³-hybridized carbons (Fsp3) is 0.529. The summed E-state index contributed by atoms with van der Waals surface area (Å²) in [6.45, 7) is 0.919. The van der Waals surface area contributed by atoms with Crippen molar-refractivity contribution in [2.75, 3.05) is 6.61 Å². The molecule has 1 atom stereocenters. The van der Waals surface area contributed by atoms with E-state index in [0.717, 1.165) is 24.5 Å². The smallest absolute Gasteiger partial charge is 0.146 e. The molecular formula is C17H24N4O. The quantitative estimate of drug-likeness (QED) is 0.785. The summed E-state index contributed by atoms with van der Waals surface area (Å²) in [5, 5.41) is 21.3. The van der Waals surface area contributed by atoms with E-state index in [-0.39, 0.29) is 12.6 Å². The average Bonchev–Trinajstić information content (AvgIpc) is 3.33. The van der Waals surface area contributed by atoms with Crippen LogP contribution in [0.3, 0.4) is 0 Å². The zero-order chi connectivity index (χ0) is 15.4. The molecule has 5 heteroatoms. The normalized spacial score (nSPS) is 15.9. The Balaban J connectivity index is 1.65. The van der Waals surface area contributed by atoms with Crippen molar-refractivity contribution in [3.63, 3.8) is 0 Å². The van der Waals surface area contributed by atoms with Gasteiger partial charge in [0.15, 0.2) is 0 Å². The lowest BCUT2D eigenvalue weighted by Crippen LogP contribution is -2.23. The summed E-state index contributed by atoms with van der Waals surface area (Å²) in [6.07, 6.45) is 4.18. The third kappa shape index (κ3) is 3.54. The summed E-state index contributed by atoms with van der Waals surface area (Å²) in [7, 11) is 2.05. The Kier molecular flexibility index (Phi) is 4.85. The second kappa shape index (κ2) is 7.03. The molecule has 2 aromatic rings. The largest absolute Gasteiger partial charge is 0.396 e. The first kappa shape index (κ1) is 15.2. The van der Waals surface area contributed by atoms with Gasteiger partial charge in [-0.3, -0.25) is 0 Å². The number of aromatic nitrogens is 3. The lowest BCUT2D eigenvalue weighted by atomic mass is 10.0. The molecule has 1 aliphatic rings. The molecule has 5 nitrogen and oxygen atoms in total. The Hall–Kier alpha value is -1.72. The summed E-state index contributed by atoms with van der Waals surface area (Å²) in [5.41, 5.74) is 1.25. The number of rotatable bonds is 8. The van der Waals surface area contributed by atoms with E-state index < -0.39 is 0 Å². The standard InChI is InChI=1S/C17H24N4O/c1-21-16(19-20-17(21)14-9-10-14)12-18-15(8-5-11-22)13-6-3-2-4-7-13/h2-4,6-7,14-15,18,22H,5,8-12H2,1H3. The van der Waals surface area contributed by atoms with Crippen LogP contribution in [0.15, 0.2) is 30.3 Å². The minimum atomic E-state index is 0.223. The van der Waals surface area contributed by atoms with Crippen LogP contribution in [-0.4, -0.2) is 26.5 Å². The first-order valence-corrected chi connectivity index (χ1v) is 8.07. The van der Waals surface area contributed by atoms with E-state index in [1.165, 1.54) is 18.4 Å². The number of hydrogen-bond acceptors (Lipinski definition) is 4. The van der Waals surface area contributed by atoms with Crippen LogP contribution in [0.2, 0.25) is 0 Å². The van der Waals surface area contributed by atoms with E-state index in [0.29, 0.717) is 12.5 Å². The second-order valence-corrected chi connectivity index (χ2v) is 6.02. The molecule has 2 N–H and O–H groups in total. The van der Waals surface area contributed by atoms with E-state index >= 15 is 0 Å². The number of benzene rings is 1. The minimum Gasteiger partial charge on any atom is -0.396 e. The van der Waals surface area contributed by atoms with Crippen molar-refractivity contribution < 1.29 is 5.11 Å². The van der Waals surface area contributed by atoms with Gasteiger partial charge in [-0.05, 0) is 31.2 Å². The van der Waals surface area contributed by atoms with E-state index in [1.54, 1.807) is 0 Å². The average molecular weight is 300 g/mol. The van der Waals surface area contributed by atoms with Gasteiger partial charge in [0.25, 0.3) is 0 Å². The third-order valence-electron chi connectivity index (χ3n) is 4.30. The molecule has 22 heavy (non-hydrogen) atoms. The predicted molar refractivity (Wildman–Crippen MR) is 85.3 cm³/mol. The Morgan fingerprint density at radius 3 is 2.73 bits per heavy atom. The summed E-state index contributed by atoms with van der Waals surface area (Å²) in [5.74, 6) is 2.71. The summed E-state index contributed by atoms with van der Waals surface area (Å²) < 4.78 is 2.12. The van der Waals surface area contributed by atoms with Gasteiger partial charge >= 0.3 is 0 Å². The third-order valence-corrected chi connectivity index (χ3v) is 4.30. The molecule has 0 spiro atoms. The molecule has 1 aromatic heterocycles. The molecule has 0 aliphatic heterocycles. The van der Waals surface area contributed by atoms with Crippen molar-refractivity contribution in [3.8, 4) is 0 Å². The Bertz CT molecular complexity index is 592. The molecule has 0 amide bonds. The monoisotopic (exact) mass is 300 g/mol. The number of hydrogen-bond donors (Lipinski definition) is 2. The van der Waals surface area contributed by atoms with Crippen molar-refractivity contribution in [2.24, 2.45) is 7.05 Å². The van der Waals surface area contributed by atoms with Crippen molar-refractivity contribution >= 4 is 0 Å².